The van der Waals surface area contributed by atoms with Crippen molar-refractivity contribution in [3.63, 3.8) is 0 Å². The first kappa shape index (κ1) is 23.6. The summed E-state index contributed by atoms with van der Waals surface area (Å²) in [6, 6.07) is 26.6. The molecule has 0 saturated carbocycles. The van der Waals surface area contributed by atoms with E-state index in [9.17, 15) is 4.79 Å². The zero-order valence-corrected chi connectivity index (χ0v) is 19.6. The third kappa shape index (κ3) is 6.44. The molecule has 0 aromatic heterocycles. The molecule has 0 heterocycles. The Morgan fingerprint density at radius 3 is 1.88 bits per heavy atom. The fraction of sp³-hybridized carbons (Fsp3) is 0.321. The largest absolute Gasteiger partial charge is 0.336 e. The number of para-hydroxylation sites is 1. The monoisotopic (exact) mass is 429 g/mol. The second kappa shape index (κ2) is 11.5. The minimum atomic E-state index is -0.178. The van der Waals surface area contributed by atoms with Gasteiger partial charge in [-0.15, -0.1) is 0 Å². The first-order chi connectivity index (χ1) is 15.5. The van der Waals surface area contributed by atoms with Crippen molar-refractivity contribution in [3.05, 3.63) is 101 Å². The molecule has 0 aliphatic carbocycles. The van der Waals surface area contributed by atoms with Gasteiger partial charge in [0.05, 0.1) is 0 Å². The predicted octanol–water partition coefficient (Wildman–Crippen LogP) is 6.59. The standard InChI is InChI=1S/C28H35N3O/c1-20(2)24-16-11-17-25(21(3)4)27(24)31-28(32)30-19-26(23-14-9-6-10-15-23)29-18-22-12-7-5-8-13-22/h5-17,20-21,26,29H,18-19H2,1-4H3,(H2,30,31,32)/t26-/m0/s1. The first-order valence-electron chi connectivity index (χ1n) is 11.5. The highest BCUT2D eigenvalue weighted by Gasteiger charge is 2.17. The van der Waals surface area contributed by atoms with Crippen LogP contribution >= 0.6 is 0 Å². The topological polar surface area (TPSA) is 53.2 Å². The Morgan fingerprint density at radius 2 is 1.31 bits per heavy atom. The number of benzene rings is 3. The molecule has 4 nitrogen and oxygen atoms in total. The van der Waals surface area contributed by atoms with Gasteiger partial charge in [-0.25, -0.2) is 4.79 Å². The van der Waals surface area contributed by atoms with E-state index in [1.165, 1.54) is 5.56 Å². The van der Waals surface area contributed by atoms with E-state index in [1.54, 1.807) is 0 Å². The number of amides is 2. The number of urea groups is 1. The average Bonchev–Trinajstić information content (AvgIpc) is 2.80. The van der Waals surface area contributed by atoms with Crippen LogP contribution in [0.5, 0.6) is 0 Å². The molecular weight excluding hydrogens is 394 g/mol. The van der Waals surface area contributed by atoms with E-state index in [0.29, 0.717) is 18.4 Å². The van der Waals surface area contributed by atoms with E-state index in [-0.39, 0.29) is 12.1 Å². The van der Waals surface area contributed by atoms with Crippen LogP contribution in [-0.2, 0) is 6.54 Å². The molecule has 3 N–H and O–H groups in total. The Kier molecular flexibility index (Phi) is 8.46. The van der Waals surface area contributed by atoms with Crippen LogP contribution < -0.4 is 16.0 Å². The van der Waals surface area contributed by atoms with Crippen LogP contribution in [0.1, 0.15) is 67.8 Å². The molecule has 0 unspecified atom stereocenters. The van der Waals surface area contributed by atoms with Gasteiger partial charge in [-0.05, 0) is 34.1 Å². The number of carbonyl (C=O) groups excluding carboxylic acids is 1. The van der Waals surface area contributed by atoms with Crippen molar-refractivity contribution >= 4 is 11.7 Å². The van der Waals surface area contributed by atoms with Crippen LogP contribution in [0.15, 0.2) is 78.9 Å². The normalized spacial score (nSPS) is 12.1. The minimum Gasteiger partial charge on any atom is -0.336 e. The Morgan fingerprint density at radius 1 is 0.750 bits per heavy atom. The van der Waals surface area contributed by atoms with Crippen LogP contribution in [0.3, 0.4) is 0 Å². The van der Waals surface area contributed by atoms with Crippen LogP contribution in [0.4, 0.5) is 10.5 Å². The lowest BCUT2D eigenvalue weighted by Gasteiger charge is -2.22. The van der Waals surface area contributed by atoms with Gasteiger partial charge in [0.2, 0.25) is 0 Å². The molecule has 0 fully saturated rings. The number of nitrogens with one attached hydrogen (secondary N) is 3. The predicted molar refractivity (Wildman–Crippen MR) is 134 cm³/mol. The number of hydrogen-bond donors (Lipinski definition) is 3. The summed E-state index contributed by atoms with van der Waals surface area (Å²) in [4.78, 5) is 12.9. The van der Waals surface area contributed by atoms with E-state index in [0.717, 1.165) is 28.9 Å². The van der Waals surface area contributed by atoms with Crippen molar-refractivity contribution in [2.24, 2.45) is 0 Å². The fourth-order valence-electron chi connectivity index (χ4n) is 3.88. The van der Waals surface area contributed by atoms with Gasteiger partial charge in [0.15, 0.2) is 0 Å². The van der Waals surface area contributed by atoms with Crippen molar-refractivity contribution in [3.8, 4) is 0 Å². The third-order valence-corrected chi connectivity index (χ3v) is 5.68. The van der Waals surface area contributed by atoms with Gasteiger partial charge < -0.3 is 16.0 Å². The SMILES string of the molecule is CC(C)c1cccc(C(C)C)c1NC(=O)NC[C@H](NCc1ccccc1)c1ccccc1. The fourth-order valence-corrected chi connectivity index (χ4v) is 3.88. The van der Waals surface area contributed by atoms with Crippen molar-refractivity contribution in [1.82, 2.24) is 10.6 Å². The lowest BCUT2D eigenvalue weighted by Crippen LogP contribution is -2.37. The molecule has 168 valence electrons. The van der Waals surface area contributed by atoms with Gasteiger partial charge in [0, 0.05) is 24.8 Å². The molecule has 0 aliphatic rings. The first-order valence-corrected chi connectivity index (χ1v) is 11.5. The van der Waals surface area contributed by atoms with Gasteiger partial charge in [0.25, 0.3) is 0 Å². The van der Waals surface area contributed by atoms with Crippen molar-refractivity contribution < 1.29 is 4.79 Å². The smallest absolute Gasteiger partial charge is 0.319 e. The Bertz CT molecular complexity index is 958. The number of rotatable bonds is 9. The average molecular weight is 430 g/mol. The summed E-state index contributed by atoms with van der Waals surface area (Å²) < 4.78 is 0. The van der Waals surface area contributed by atoms with Crippen molar-refractivity contribution in [2.75, 3.05) is 11.9 Å². The number of carbonyl (C=O) groups is 1. The second-order valence-electron chi connectivity index (χ2n) is 8.79. The molecule has 4 heteroatoms. The molecule has 32 heavy (non-hydrogen) atoms. The Labute approximate surface area is 192 Å². The maximum absolute atomic E-state index is 12.9. The van der Waals surface area contributed by atoms with Crippen molar-refractivity contribution in [2.45, 2.75) is 52.1 Å². The van der Waals surface area contributed by atoms with E-state index in [4.69, 9.17) is 0 Å². The van der Waals surface area contributed by atoms with E-state index in [1.807, 2.05) is 36.4 Å². The van der Waals surface area contributed by atoms with Crippen LogP contribution in [0.2, 0.25) is 0 Å². The van der Waals surface area contributed by atoms with E-state index < -0.39 is 0 Å². The van der Waals surface area contributed by atoms with Gasteiger partial charge >= 0.3 is 6.03 Å². The highest BCUT2D eigenvalue weighted by molar-refractivity contribution is 5.91. The van der Waals surface area contributed by atoms with Gasteiger partial charge in [0.1, 0.15) is 0 Å². The maximum atomic E-state index is 12.9. The summed E-state index contributed by atoms with van der Waals surface area (Å²) >= 11 is 0. The van der Waals surface area contributed by atoms with Crippen LogP contribution in [-0.4, -0.2) is 12.6 Å². The van der Waals surface area contributed by atoms with Gasteiger partial charge in [-0.2, -0.15) is 0 Å². The number of hydrogen-bond acceptors (Lipinski definition) is 2. The summed E-state index contributed by atoms with van der Waals surface area (Å²) in [5.74, 6) is 0.655. The van der Waals surface area contributed by atoms with Crippen LogP contribution in [0, 0.1) is 0 Å². The summed E-state index contributed by atoms with van der Waals surface area (Å²) in [5.41, 5.74) is 5.62. The Balaban J connectivity index is 1.70. The molecule has 3 rings (SSSR count). The zero-order valence-electron chi connectivity index (χ0n) is 19.6. The molecule has 2 amide bonds. The maximum Gasteiger partial charge on any atom is 0.319 e. The quantitative estimate of drug-likeness (QED) is 0.359. The van der Waals surface area contributed by atoms with Crippen molar-refractivity contribution in [1.29, 1.82) is 0 Å². The molecule has 3 aromatic carbocycles. The highest BCUT2D eigenvalue weighted by atomic mass is 16.2. The molecule has 0 aliphatic heterocycles. The lowest BCUT2D eigenvalue weighted by molar-refractivity contribution is 0.250. The molecule has 0 radical (unpaired) electrons. The molecule has 0 bridgehead atoms. The summed E-state index contributed by atoms with van der Waals surface area (Å²) in [6.45, 7) is 9.84. The minimum absolute atomic E-state index is 0.00654. The summed E-state index contributed by atoms with van der Waals surface area (Å²) in [5, 5.41) is 9.82. The van der Waals surface area contributed by atoms with Crippen LogP contribution in [0.25, 0.3) is 0 Å². The van der Waals surface area contributed by atoms with Gasteiger partial charge in [-0.1, -0.05) is 107 Å². The second-order valence-corrected chi connectivity index (χ2v) is 8.79. The van der Waals surface area contributed by atoms with E-state index >= 15 is 0 Å². The summed E-state index contributed by atoms with van der Waals surface area (Å²) in [6.07, 6.45) is 0. The summed E-state index contributed by atoms with van der Waals surface area (Å²) in [7, 11) is 0. The molecule has 1 atom stereocenters. The lowest BCUT2D eigenvalue weighted by atomic mass is 9.93. The third-order valence-electron chi connectivity index (χ3n) is 5.68. The highest BCUT2D eigenvalue weighted by Crippen LogP contribution is 2.32. The number of anilines is 1. The van der Waals surface area contributed by atoms with E-state index in [2.05, 4.69) is 86.1 Å². The van der Waals surface area contributed by atoms with Gasteiger partial charge in [-0.3, -0.25) is 0 Å². The molecule has 0 saturated heterocycles. The Hall–Kier alpha value is -3.11. The zero-order chi connectivity index (χ0) is 22.9. The molecular formula is C28H35N3O. The molecule has 0 spiro atoms. The molecule has 3 aromatic rings.